The van der Waals surface area contributed by atoms with Gasteiger partial charge in [-0.2, -0.15) is 0 Å². The zero-order valence-electron chi connectivity index (χ0n) is 12.8. The van der Waals surface area contributed by atoms with Gasteiger partial charge in [-0.15, -0.1) is 0 Å². The SMILES string of the molecule is Cc1ccc(Oc2cc(C(=O)N(C)C)ccc2N)c(C)c1. The fourth-order valence-electron chi connectivity index (χ4n) is 2.05. The van der Waals surface area contributed by atoms with Crippen LogP contribution in [0, 0.1) is 13.8 Å². The van der Waals surface area contributed by atoms with Crippen LogP contribution < -0.4 is 10.5 Å². The van der Waals surface area contributed by atoms with E-state index in [0.29, 0.717) is 17.0 Å². The minimum absolute atomic E-state index is 0.0829. The summed E-state index contributed by atoms with van der Waals surface area (Å²) >= 11 is 0. The van der Waals surface area contributed by atoms with Crippen molar-refractivity contribution >= 4 is 11.6 Å². The van der Waals surface area contributed by atoms with E-state index in [-0.39, 0.29) is 5.91 Å². The van der Waals surface area contributed by atoms with Crippen LogP contribution in [0.2, 0.25) is 0 Å². The van der Waals surface area contributed by atoms with Gasteiger partial charge in [0.15, 0.2) is 5.75 Å². The Bertz CT molecular complexity index is 678. The zero-order valence-corrected chi connectivity index (χ0v) is 12.8. The minimum atomic E-state index is -0.0829. The molecule has 0 spiro atoms. The lowest BCUT2D eigenvalue weighted by Crippen LogP contribution is -2.21. The smallest absolute Gasteiger partial charge is 0.253 e. The Hall–Kier alpha value is -2.49. The Kier molecular flexibility index (Phi) is 4.17. The van der Waals surface area contributed by atoms with Crippen molar-refractivity contribution in [1.29, 1.82) is 0 Å². The van der Waals surface area contributed by atoms with Crippen LogP contribution >= 0.6 is 0 Å². The summed E-state index contributed by atoms with van der Waals surface area (Å²) in [5.41, 5.74) is 9.20. The fourth-order valence-corrected chi connectivity index (χ4v) is 2.05. The lowest BCUT2D eigenvalue weighted by atomic mass is 10.1. The number of aryl methyl sites for hydroxylation is 2. The van der Waals surface area contributed by atoms with E-state index in [9.17, 15) is 4.79 Å². The average Bonchev–Trinajstić information content (AvgIpc) is 2.43. The quantitative estimate of drug-likeness (QED) is 0.879. The number of nitrogen functional groups attached to an aromatic ring is 1. The maximum Gasteiger partial charge on any atom is 0.253 e. The molecule has 2 N–H and O–H groups in total. The molecular formula is C17H20N2O2. The van der Waals surface area contributed by atoms with E-state index >= 15 is 0 Å². The summed E-state index contributed by atoms with van der Waals surface area (Å²) in [6, 6.07) is 11.0. The maximum atomic E-state index is 12.0. The monoisotopic (exact) mass is 284 g/mol. The van der Waals surface area contributed by atoms with Gasteiger partial charge in [0.25, 0.3) is 5.91 Å². The predicted octanol–water partition coefficient (Wildman–Crippen LogP) is 3.38. The van der Waals surface area contributed by atoms with Gasteiger partial charge in [-0.25, -0.2) is 0 Å². The van der Waals surface area contributed by atoms with Crippen LogP contribution in [0.25, 0.3) is 0 Å². The van der Waals surface area contributed by atoms with Gasteiger partial charge in [0.05, 0.1) is 5.69 Å². The molecule has 0 fully saturated rings. The van der Waals surface area contributed by atoms with Crippen molar-refractivity contribution in [2.75, 3.05) is 19.8 Å². The summed E-state index contributed by atoms with van der Waals surface area (Å²) < 4.78 is 5.87. The zero-order chi connectivity index (χ0) is 15.6. The van der Waals surface area contributed by atoms with Gasteiger partial charge in [-0.3, -0.25) is 4.79 Å². The highest BCUT2D eigenvalue weighted by Crippen LogP contribution is 2.31. The fraction of sp³-hybridized carbons (Fsp3) is 0.235. The van der Waals surface area contributed by atoms with Gasteiger partial charge in [0.2, 0.25) is 0 Å². The molecule has 0 aliphatic rings. The molecule has 21 heavy (non-hydrogen) atoms. The largest absolute Gasteiger partial charge is 0.455 e. The Labute approximate surface area is 125 Å². The van der Waals surface area contributed by atoms with Crippen LogP contribution in [0.1, 0.15) is 21.5 Å². The number of nitrogens with zero attached hydrogens (tertiary/aromatic N) is 1. The maximum absolute atomic E-state index is 12.0. The molecule has 0 saturated carbocycles. The van der Waals surface area contributed by atoms with E-state index in [4.69, 9.17) is 10.5 Å². The van der Waals surface area contributed by atoms with Crippen LogP contribution in [0.3, 0.4) is 0 Å². The summed E-state index contributed by atoms with van der Waals surface area (Å²) in [7, 11) is 3.42. The topological polar surface area (TPSA) is 55.6 Å². The van der Waals surface area contributed by atoms with Crippen LogP contribution in [-0.4, -0.2) is 24.9 Å². The number of anilines is 1. The normalized spacial score (nSPS) is 10.3. The van der Waals surface area contributed by atoms with E-state index in [1.807, 2.05) is 32.0 Å². The van der Waals surface area contributed by atoms with Crippen LogP contribution in [0.15, 0.2) is 36.4 Å². The molecule has 0 aromatic heterocycles. The Balaban J connectivity index is 2.35. The van der Waals surface area contributed by atoms with Crippen molar-refractivity contribution in [3.8, 4) is 11.5 Å². The van der Waals surface area contributed by atoms with Gasteiger partial charge < -0.3 is 15.4 Å². The van der Waals surface area contributed by atoms with Crippen molar-refractivity contribution in [2.24, 2.45) is 0 Å². The first-order valence-corrected chi connectivity index (χ1v) is 6.75. The molecular weight excluding hydrogens is 264 g/mol. The van der Waals surface area contributed by atoms with E-state index in [1.54, 1.807) is 32.3 Å². The number of nitrogens with two attached hydrogens (primary N) is 1. The number of hydrogen-bond donors (Lipinski definition) is 1. The Morgan fingerprint density at radius 1 is 1.05 bits per heavy atom. The summed E-state index contributed by atoms with van der Waals surface area (Å²) in [4.78, 5) is 13.5. The molecule has 2 aromatic rings. The first-order valence-electron chi connectivity index (χ1n) is 6.75. The molecule has 4 nitrogen and oxygen atoms in total. The molecule has 0 saturated heterocycles. The summed E-state index contributed by atoms with van der Waals surface area (Å²) in [6.07, 6.45) is 0. The second-order valence-corrected chi connectivity index (χ2v) is 5.32. The third kappa shape index (κ3) is 3.34. The summed E-state index contributed by atoms with van der Waals surface area (Å²) in [5, 5.41) is 0. The highest BCUT2D eigenvalue weighted by Gasteiger charge is 2.12. The van der Waals surface area contributed by atoms with E-state index < -0.39 is 0 Å². The van der Waals surface area contributed by atoms with Crippen molar-refractivity contribution < 1.29 is 9.53 Å². The van der Waals surface area contributed by atoms with Gasteiger partial charge in [0, 0.05) is 19.7 Å². The lowest BCUT2D eigenvalue weighted by molar-refractivity contribution is 0.0827. The van der Waals surface area contributed by atoms with E-state index in [1.165, 1.54) is 10.5 Å². The molecule has 0 bridgehead atoms. The molecule has 4 heteroatoms. The minimum Gasteiger partial charge on any atom is -0.455 e. The summed E-state index contributed by atoms with van der Waals surface area (Å²) in [5.74, 6) is 1.15. The average molecular weight is 284 g/mol. The molecule has 0 heterocycles. The van der Waals surface area contributed by atoms with Gasteiger partial charge in [-0.1, -0.05) is 17.7 Å². The molecule has 110 valence electrons. The van der Waals surface area contributed by atoms with Crippen LogP contribution in [0.5, 0.6) is 11.5 Å². The predicted molar refractivity (Wildman–Crippen MR) is 84.9 cm³/mol. The number of carbonyl (C=O) groups excluding carboxylic acids is 1. The standard InChI is InChI=1S/C17H20N2O2/c1-11-5-8-15(12(2)9-11)21-16-10-13(6-7-14(16)18)17(20)19(3)4/h5-10H,18H2,1-4H3. The Morgan fingerprint density at radius 2 is 1.76 bits per heavy atom. The molecule has 0 aliphatic heterocycles. The second-order valence-electron chi connectivity index (χ2n) is 5.32. The highest BCUT2D eigenvalue weighted by atomic mass is 16.5. The third-order valence-electron chi connectivity index (χ3n) is 3.22. The number of hydrogen-bond acceptors (Lipinski definition) is 3. The molecule has 2 rings (SSSR count). The van der Waals surface area contributed by atoms with Crippen molar-refractivity contribution in [2.45, 2.75) is 13.8 Å². The van der Waals surface area contributed by atoms with Crippen molar-refractivity contribution in [3.05, 3.63) is 53.1 Å². The Morgan fingerprint density at radius 3 is 2.38 bits per heavy atom. The number of benzene rings is 2. The van der Waals surface area contributed by atoms with Crippen LogP contribution in [-0.2, 0) is 0 Å². The van der Waals surface area contributed by atoms with Gasteiger partial charge in [0.1, 0.15) is 5.75 Å². The van der Waals surface area contributed by atoms with Crippen molar-refractivity contribution in [3.63, 3.8) is 0 Å². The van der Waals surface area contributed by atoms with Crippen LogP contribution in [0.4, 0.5) is 5.69 Å². The summed E-state index contributed by atoms with van der Waals surface area (Å²) in [6.45, 7) is 4.01. The first-order chi connectivity index (χ1) is 9.88. The molecule has 1 amide bonds. The molecule has 0 unspecified atom stereocenters. The molecule has 0 radical (unpaired) electrons. The number of ether oxygens (including phenoxy) is 1. The molecule has 0 aliphatic carbocycles. The lowest BCUT2D eigenvalue weighted by Gasteiger charge is -2.14. The molecule has 0 atom stereocenters. The number of amides is 1. The third-order valence-corrected chi connectivity index (χ3v) is 3.22. The van der Waals surface area contributed by atoms with Gasteiger partial charge in [-0.05, 0) is 43.7 Å². The van der Waals surface area contributed by atoms with E-state index in [0.717, 1.165) is 11.3 Å². The van der Waals surface area contributed by atoms with Crippen molar-refractivity contribution in [1.82, 2.24) is 4.90 Å². The number of rotatable bonds is 3. The van der Waals surface area contributed by atoms with E-state index in [2.05, 4.69) is 0 Å². The highest BCUT2D eigenvalue weighted by molar-refractivity contribution is 5.94. The number of carbonyl (C=O) groups is 1. The van der Waals surface area contributed by atoms with Gasteiger partial charge >= 0.3 is 0 Å². The molecule has 2 aromatic carbocycles. The first kappa shape index (κ1) is 14.9. The second kappa shape index (κ2) is 5.87.